The number of nitrogens with zero attached hydrogens (tertiary/aromatic N) is 3. The van der Waals surface area contributed by atoms with Crippen LogP contribution in [0, 0.1) is 0 Å². The Bertz CT molecular complexity index is 385. The summed E-state index contributed by atoms with van der Waals surface area (Å²) in [5.41, 5.74) is 4.56. The molecule has 0 fully saturated rings. The first-order valence-corrected chi connectivity index (χ1v) is 6.10. The quantitative estimate of drug-likeness (QED) is 0.504. The summed E-state index contributed by atoms with van der Waals surface area (Å²) >= 11 is 5.23. The molecule has 1 aromatic heterocycles. The Balaban J connectivity index is 2.62. The van der Waals surface area contributed by atoms with E-state index in [1.54, 1.807) is 6.20 Å². The maximum absolute atomic E-state index is 5.23. The number of aromatic nitrogens is 1. The van der Waals surface area contributed by atoms with Crippen LogP contribution in [0.1, 0.15) is 26.5 Å². The van der Waals surface area contributed by atoms with Gasteiger partial charge in [0, 0.05) is 19.3 Å². The number of hydrazone groups is 1. The molecule has 0 bridgehead atoms. The van der Waals surface area contributed by atoms with Crippen LogP contribution >= 0.6 is 12.2 Å². The van der Waals surface area contributed by atoms with Gasteiger partial charge in [0.25, 0.3) is 0 Å². The molecule has 5 heteroatoms. The minimum atomic E-state index is 0.644. The van der Waals surface area contributed by atoms with E-state index >= 15 is 0 Å². The molecule has 0 amide bonds. The molecule has 0 unspecified atom stereocenters. The first-order valence-electron chi connectivity index (χ1n) is 5.69. The Hall–Kier alpha value is -1.49. The molecule has 0 atom stereocenters. The zero-order valence-electron chi connectivity index (χ0n) is 10.5. The van der Waals surface area contributed by atoms with E-state index in [4.69, 9.17) is 12.2 Å². The van der Waals surface area contributed by atoms with E-state index < -0.39 is 0 Å². The molecule has 0 spiro atoms. The zero-order valence-corrected chi connectivity index (χ0v) is 11.3. The molecular formula is C12H18N4S. The smallest absolute Gasteiger partial charge is 0.189 e. The van der Waals surface area contributed by atoms with Crippen LogP contribution in [0.3, 0.4) is 0 Å². The highest BCUT2D eigenvalue weighted by molar-refractivity contribution is 7.80. The van der Waals surface area contributed by atoms with Crippen LogP contribution in [0.2, 0.25) is 0 Å². The van der Waals surface area contributed by atoms with Gasteiger partial charge in [0.2, 0.25) is 0 Å². The lowest BCUT2D eigenvalue weighted by Gasteiger charge is -2.20. The van der Waals surface area contributed by atoms with Gasteiger partial charge in [-0.2, -0.15) is 5.10 Å². The van der Waals surface area contributed by atoms with Gasteiger partial charge in [0.1, 0.15) is 0 Å². The van der Waals surface area contributed by atoms with Crippen molar-refractivity contribution < 1.29 is 0 Å². The molecular weight excluding hydrogens is 232 g/mol. The van der Waals surface area contributed by atoms with Crippen molar-refractivity contribution in [2.75, 3.05) is 13.1 Å². The van der Waals surface area contributed by atoms with Crippen LogP contribution in [-0.4, -0.2) is 33.8 Å². The maximum atomic E-state index is 5.23. The Morgan fingerprint density at radius 2 is 2.12 bits per heavy atom. The number of rotatable bonds is 4. The van der Waals surface area contributed by atoms with Crippen LogP contribution < -0.4 is 5.43 Å². The zero-order chi connectivity index (χ0) is 12.7. The van der Waals surface area contributed by atoms with Gasteiger partial charge in [-0.05, 0) is 45.1 Å². The summed E-state index contributed by atoms with van der Waals surface area (Å²) in [6.45, 7) is 7.78. The lowest BCUT2D eigenvalue weighted by molar-refractivity contribution is 0.458. The van der Waals surface area contributed by atoms with Crippen LogP contribution in [0.25, 0.3) is 0 Å². The van der Waals surface area contributed by atoms with E-state index in [9.17, 15) is 0 Å². The average molecular weight is 250 g/mol. The average Bonchev–Trinajstić information content (AvgIpc) is 2.38. The highest BCUT2D eigenvalue weighted by Gasteiger charge is 2.03. The number of nitrogens with one attached hydrogen (secondary N) is 1. The third-order valence-corrected chi connectivity index (χ3v) is 2.75. The second-order valence-corrected chi connectivity index (χ2v) is 3.89. The molecule has 1 N–H and O–H groups in total. The largest absolute Gasteiger partial charge is 0.348 e. The normalized spacial score (nSPS) is 11.1. The molecule has 0 aromatic carbocycles. The van der Waals surface area contributed by atoms with Crippen molar-refractivity contribution >= 4 is 23.0 Å². The third-order valence-electron chi connectivity index (χ3n) is 2.41. The Morgan fingerprint density at radius 1 is 1.41 bits per heavy atom. The Kier molecular flexibility index (Phi) is 5.56. The SMILES string of the molecule is CCN(CC)C(=S)NN=C(C)c1ccccn1. The van der Waals surface area contributed by atoms with Crippen molar-refractivity contribution in [3.63, 3.8) is 0 Å². The monoisotopic (exact) mass is 250 g/mol. The minimum Gasteiger partial charge on any atom is -0.348 e. The van der Waals surface area contributed by atoms with Gasteiger partial charge < -0.3 is 4.90 Å². The number of thiocarbonyl (C=S) groups is 1. The molecule has 0 aliphatic rings. The van der Waals surface area contributed by atoms with Crippen molar-refractivity contribution in [2.24, 2.45) is 5.10 Å². The van der Waals surface area contributed by atoms with E-state index in [0.717, 1.165) is 24.5 Å². The molecule has 0 saturated carbocycles. The van der Waals surface area contributed by atoms with Crippen LogP contribution in [0.15, 0.2) is 29.5 Å². The molecule has 0 aliphatic carbocycles. The van der Waals surface area contributed by atoms with Crippen molar-refractivity contribution in [3.05, 3.63) is 30.1 Å². The molecule has 1 rings (SSSR count). The summed E-state index contributed by atoms with van der Waals surface area (Å²) in [7, 11) is 0. The van der Waals surface area contributed by atoms with Gasteiger partial charge in [0.05, 0.1) is 11.4 Å². The van der Waals surface area contributed by atoms with Gasteiger partial charge in [-0.1, -0.05) is 6.07 Å². The van der Waals surface area contributed by atoms with Crippen LogP contribution in [0.5, 0.6) is 0 Å². The van der Waals surface area contributed by atoms with E-state index in [-0.39, 0.29) is 0 Å². The molecule has 0 saturated heterocycles. The molecule has 0 radical (unpaired) electrons. The fourth-order valence-electron chi connectivity index (χ4n) is 1.35. The molecule has 92 valence electrons. The second kappa shape index (κ2) is 6.96. The Morgan fingerprint density at radius 3 is 2.65 bits per heavy atom. The van der Waals surface area contributed by atoms with Gasteiger partial charge in [-0.25, -0.2) is 0 Å². The van der Waals surface area contributed by atoms with Crippen molar-refractivity contribution in [3.8, 4) is 0 Å². The maximum Gasteiger partial charge on any atom is 0.189 e. The van der Waals surface area contributed by atoms with Gasteiger partial charge in [-0.3, -0.25) is 10.4 Å². The van der Waals surface area contributed by atoms with E-state index in [1.165, 1.54) is 0 Å². The molecule has 1 heterocycles. The van der Waals surface area contributed by atoms with Crippen LogP contribution in [-0.2, 0) is 0 Å². The lowest BCUT2D eigenvalue weighted by Crippen LogP contribution is -2.37. The summed E-state index contributed by atoms with van der Waals surface area (Å²) in [6, 6.07) is 5.73. The Labute approximate surface area is 108 Å². The minimum absolute atomic E-state index is 0.644. The number of hydrogen-bond acceptors (Lipinski definition) is 3. The fraction of sp³-hybridized carbons (Fsp3) is 0.417. The number of pyridine rings is 1. The summed E-state index contributed by atoms with van der Waals surface area (Å²) < 4.78 is 0. The summed E-state index contributed by atoms with van der Waals surface area (Å²) in [6.07, 6.45) is 1.75. The predicted octanol–water partition coefficient (Wildman–Crippen LogP) is 2.02. The fourth-order valence-corrected chi connectivity index (χ4v) is 1.65. The first kappa shape index (κ1) is 13.6. The molecule has 0 aliphatic heterocycles. The summed E-state index contributed by atoms with van der Waals surface area (Å²) in [5, 5.41) is 4.88. The van der Waals surface area contributed by atoms with Crippen molar-refractivity contribution in [1.29, 1.82) is 0 Å². The topological polar surface area (TPSA) is 40.5 Å². The van der Waals surface area contributed by atoms with Crippen molar-refractivity contribution in [2.45, 2.75) is 20.8 Å². The first-order chi connectivity index (χ1) is 8.19. The lowest BCUT2D eigenvalue weighted by atomic mass is 10.3. The van der Waals surface area contributed by atoms with E-state index in [0.29, 0.717) is 5.11 Å². The summed E-state index contributed by atoms with van der Waals surface area (Å²) in [5.74, 6) is 0. The molecule has 4 nitrogen and oxygen atoms in total. The van der Waals surface area contributed by atoms with Crippen LogP contribution in [0.4, 0.5) is 0 Å². The molecule has 1 aromatic rings. The van der Waals surface area contributed by atoms with E-state index in [1.807, 2.05) is 30.0 Å². The number of hydrogen-bond donors (Lipinski definition) is 1. The van der Waals surface area contributed by atoms with Gasteiger partial charge in [-0.15, -0.1) is 0 Å². The third kappa shape index (κ3) is 4.11. The predicted molar refractivity (Wildman–Crippen MR) is 75.1 cm³/mol. The van der Waals surface area contributed by atoms with Gasteiger partial charge >= 0.3 is 0 Å². The van der Waals surface area contributed by atoms with Gasteiger partial charge in [0.15, 0.2) is 5.11 Å². The highest BCUT2D eigenvalue weighted by atomic mass is 32.1. The summed E-state index contributed by atoms with van der Waals surface area (Å²) in [4.78, 5) is 6.25. The van der Waals surface area contributed by atoms with E-state index in [2.05, 4.69) is 29.4 Å². The highest BCUT2D eigenvalue weighted by Crippen LogP contribution is 1.96. The standard InChI is InChI=1S/C12H18N4S/c1-4-16(5-2)12(17)15-14-10(3)11-8-6-7-9-13-11/h6-9H,4-5H2,1-3H3,(H,15,17). The van der Waals surface area contributed by atoms with Crippen molar-refractivity contribution in [1.82, 2.24) is 15.3 Å². The second-order valence-electron chi connectivity index (χ2n) is 3.50. The molecule has 17 heavy (non-hydrogen) atoms.